The van der Waals surface area contributed by atoms with Gasteiger partial charge in [-0.3, -0.25) is 9.69 Å². The van der Waals surface area contributed by atoms with Gasteiger partial charge in [0.05, 0.1) is 19.3 Å². The van der Waals surface area contributed by atoms with Crippen molar-refractivity contribution in [1.82, 2.24) is 10.2 Å². The van der Waals surface area contributed by atoms with Crippen LogP contribution in [0.1, 0.15) is 50.6 Å². The maximum atomic E-state index is 12.4. The van der Waals surface area contributed by atoms with Crippen molar-refractivity contribution in [3.63, 3.8) is 0 Å². The van der Waals surface area contributed by atoms with Crippen molar-refractivity contribution >= 4 is 5.91 Å². The Hall–Kier alpha value is -1.75. The average Bonchev–Trinajstić information content (AvgIpc) is 3.32. The highest BCUT2D eigenvalue weighted by molar-refractivity contribution is 5.82. The first kappa shape index (κ1) is 15.8. The van der Waals surface area contributed by atoms with Gasteiger partial charge < -0.3 is 14.8 Å². The van der Waals surface area contributed by atoms with Crippen LogP contribution < -0.4 is 14.8 Å². The minimum Gasteiger partial charge on any atom is -0.490 e. The quantitative estimate of drug-likeness (QED) is 0.922. The number of hydrogen-bond donors (Lipinski definition) is 1. The summed E-state index contributed by atoms with van der Waals surface area (Å²) in [4.78, 5) is 14.8. The van der Waals surface area contributed by atoms with Gasteiger partial charge in [-0.1, -0.05) is 6.07 Å². The zero-order valence-corrected chi connectivity index (χ0v) is 14.3. The van der Waals surface area contributed by atoms with Gasteiger partial charge in [0.25, 0.3) is 0 Å². The number of hydrogen-bond acceptors (Lipinski definition) is 4. The number of fused-ring (bicyclic) bond motifs is 1. The van der Waals surface area contributed by atoms with Crippen molar-refractivity contribution in [3.8, 4) is 11.5 Å². The molecule has 2 aliphatic heterocycles. The molecule has 1 N–H and O–H groups in total. The molecule has 1 aromatic rings. The summed E-state index contributed by atoms with van der Waals surface area (Å²) in [6, 6.07) is 6.86. The third-order valence-corrected chi connectivity index (χ3v) is 5.25. The molecule has 0 bridgehead atoms. The van der Waals surface area contributed by atoms with Crippen LogP contribution in [0, 0.1) is 0 Å². The van der Waals surface area contributed by atoms with Crippen LogP contribution in [-0.4, -0.2) is 42.6 Å². The second kappa shape index (κ2) is 6.63. The summed E-state index contributed by atoms with van der Waals surface area (Å²) in [7, 11) is 0. The Morgan fingerprint density at radius 2 is 1.96 bits per heavy atom. The summed E-state index contributed by atoms with van der Waals surface area (Å²) >= 11 is 0. The normalized spacial score (nSPS) is 25.1. The lowest BCUT2D eigenvalue weighted by Gasteiger charge is -2.30. The minimum absolute atomic E-state index is 0.0888. The van der Waals surface area contributed by atoms with Crippen LogP contribution >= 0.6 is 0 Å². The van der Waals surface area contributed by atoms with Crippen molar-refractivity contribution < 1.29 is 14.3 Å². The third-order valence-electron chi connectivity index (χ3n) is 5.25. The van der Waals surface area contributed by atoms with E-state index >= 15 is 0 Å². The van der Waals surface area contributed by atoms with Crippen LogP contribution in [0.3, 0.4) is 0 Å². The molecule has 3 aliphatic rings. The predicted octanol–water partition coefficient (Wildman–Crippen LogP) is 2.65. The predicted molar refractivity (Wildman–Crippen MR) is 91.4 cm³/mol. The molecule has 4 rings (SSSR count). The number of rotatable bonds is 4. The molecule has 1 saturated heterocycles. The van der Waals surface area contributed by atoms with Crippen molar-refractivity contribution in [3.05, 3.63) is 23.8 Å². The number of benzene rings is 1. The molecular weight excluding hydrogens is 304 g/mol. The fraction of sp³-hybridized carbons (Fsp3) is 0.632. The molecule has 2 atom stereocenters. The minimum atomic E-state index is -0.0888. The van der Waals surface area contributed by atoms with E-state index in [9.17, 15) is 4.79 Å². The summed E-state index contributed by atoms with van der Waals surface area (Å²) in [6.07, 6.45) is 5.38. The molecule has 2 heterocycles. The van der Waals surface area contributed by atoms with Crippen LogP contribution in [0.5, 0.6) is 11.5 Å². The highest BCUT2D eigenvalue weighted by Gasteiger charge is 2.35. The van der Waals surface area contributed by atoms with Crippen LogP contribution in [0.2, 0.25) is 0 Å². The lowest BCUT2D eigenvalue weighted by molar-refractivity contribution is -0.126. The summed E-state index contributed by atoms with van der Waals surface area (Å²) in [6.45, 7) is 4.41. The smallest absolute Gasteiger partial charge is 0.237 e. The van der Waals surface area contributed by atoms with Gasteiger partial charge in [-0.15, -0.1) is 0 Å². The molecule has 0 unspecified atom stereocenters. The standard InChI is InChI=1S/C19H26N2O3/c1-13(19(22)20-15-6-7-15)21-9-2-4-16(21)14-5-8-17-18(12-14)24-11-3-10-23-17/h5,8,12-13,15-16H,2-4,6-7,9-11H2,1H3,(H,20,22)/t13-,16-/m1/s1. The molecule has 1 amide bonds. The summed E-state index contributed by atoms with van der Waals surface area (Å²) in [5, 5.41) is 3.14. The van der Waals surface area contributed by atoms with Crippen molar-refractivity contribution in [2.24, 2.45) is 0 Å². The van der Waals surface area contributed by atoms with E-state index in [1.165, 1.54) is 5.56 Å². The number of nitrogens with one attached hydrogen (secondary N) is 1. The lowest BCUT2D eigenvalue weighted by atomic mass is 10.0. The molecule has 0 spiro atoms. The van der Waals surface area contributed by atoms with Gasteiger partial charge in [-0.05, 0) is 56.8 Å². The zero-order chi connectivity index (χ0) is 16.5. The Balaban J connectivity index is 1.51. The van der Waals surface area contributed by atoms with Gasteiger partial charge in [-0.25, -0.2) is 0 Å². The highest BCUT2D eigenvalue weighted by Crippen LogP contribution is 2.38. The lowest BCUT2D eigenvalue weighted by Crippen LogP contribution is -2.45. The molecule has 1 aromatic carbocycles. The average molecular weight is 330 g/mol. The Bertz CT molecular complexity index is 615. The van der Waals surface area contributed by atoms with Crippen LogP contribution in [0.25, 0.3) is 0 Å². The monoisotopic (exact) mass is 330 g/mol. The molecule has 0 aromatic heterocycles. The number of likely N-dealkylation sites (tertiary alicyclic amines) is 1. The second-order valence-electron chi connectivity index (χ2n) is 7.11. The summed E-state index contributed by atoms with van der Waals surface area (Å²) in [5.41, 5.74) is 1.22. The summed E-state index contributed by atoms with van der Waals surface area (Å²) in [5.74, 6) is 1.84. The van der Waals surface area contributed by atoms with E-state index in [0.29, 0.717) is 19.3 Å². The van der Waals surface area contributed by atoms with Crippen molar-refractivity contribution in [2.75, 3.05) is 19.8 Å². The maximum absolute atomic E-state index is 12.4. The van der Waals surface area contributed by atoms with Gasteiger partial charge >= 0.3 is 0 Å². The van der Waals surface area contributed by atoms with E-state index in [2.05, 4.69) is 22.3 Å². The Kier molecular flexibility index (Phi) is 4.35. The van der Waals surface area contributed by atoms with Gasteiger partial charge in [0, 0.05) is 18.5 Å². The number of amides is 1. The fourth-order valence-corrected chi connectivity index (χ4v) is 3.70. The van der Waals surface area contributed by atoms with E-state index < -0.39 is 0 Å². The van der Waals surface area contributed by atoms with Crippen molar-refractivity contribution in [2.45, 2.75) is 57.2 Å². The fourth-order valence-electron chi connectivity index (χ4n) is 3.70. The van der Waals surface area contributed by atoms with E-state index in [1.54, 1.807) is 0 Å². The van der Waals surface area contributed by atoms with Crippen LogP contribution in [0.15, 0.2) is 18.2 Å². The van der Waals surface area contributed by atoms with Gasteiger partial charge in [0.1, 0.15) is 0 Å². The van der Waals surface area contributed by atoms with Gasteiger partial charge in [0.15, 0.2) is 11.5 Å². The first-order valence-corrected chi connectivity index (χ1v) is 9.18. The van der Waals surface area contributed by atoms with Gasteiger partial charge in [-0.2, -0.15) is 0 Å². The molecule has 5 heteroatoms. The second-order valence-corrected chi connectivity index (χ2v) is 7.11. The Labute approximate surface area is 143 Å². The highest BCUT2D eigenvalue weighted by atomic mass is 16.5. The maximum Gasteiger partial charge on any atom is 0.237 e. The molecule has 0 radical (unpaired) electrons. The van der Waals surface area contributed by atoms with Crippen LogP contribution in [-0.2, 0) is 4.79 Å². The number of carbonyl (C=O) groups excluding carboxylic acids is 1. The number of nitrogens with zero attached hydrogens (tertiary/aromatic N) is 1. The topological polar surface area (TPSA) is 50.8 Å². The molecule has 24 heavy (non-hydrogen) atoms. The summed E-state index contributed by atoms with van der Waals surface area (Å²) < 4.78 is 11.6. The van der Waals surface area contributed by atoms with E-state index in [-0.39, 0.29) is 18.0 Å². The SMILES string of the molecule is C[C@H](C(=O)NC1CC1)N1CCC[C@@H]1c1ccc2c(c1)OCCCO2. The number of carbonyl (C=O) groups is 1. The van der Waals surface area contributed by atoms with Gasteiger partial charge in [0.2, 0.25) is 5.91 Å². The molecule has 130 valence electrons. The first-order valence-electron chi connectivity index (χ1n) is 9.18. The van der Waals surface area contributed by atoms with Crippen LogP contribution in [0.4, 0.5) is 0 Å². The molecule has 1 saturated carbocycles. The van der Waals surface area contributed by atoms with Crippen molar-refractivity contribution in [1.29, 1.82) is 0 Å². The zero-order valence-electron chi connectivity index (χ0n) is 14.3. The third kappa shape index (κ3) is 3.22. The molecule has 5 nitrogen and oxygen atoms in total. The Morgan fingerprint density at radius 3 is 2.75 bits per heavy atom. The van der Waals surface area contributed by atoms with E-state index in [0.717, 1.165) is 50.1 Å². The molecular formula is C19H26N2O3. The molecule has 2 fully saturated rings. The van der Waals surface area contributed by atoms with E-state index in [1.807, 2.05) is 13.0 Å². The first-order chi connectivity index (χ1) is 11.7. The van der Waals surface area contributed by atoms with E-state index in [4.69, 9.17) is 9.47 Å². The number of ether oxygens (including phenoxy) is 2. The molecule has 1 aliphatic carbocycles. The largest absolute Gasteiger partial charge is 0.490 e. The Morgan fingerprint density at radius 1 is 1.17 bits per heavy atom.